The van der Waals surface area contributed by atoms with Crippen LogP contribution in [0.2, 0.25) is 0 Å². The highest BCUT2D eigenvalue weighted by Crippen LogP contribution is 2.27. The fraction of sp³-hybridized carbons (Fsp3) is 0.615. The van der Waals surface area contributed by atoms with Crippen LogP contribution in [0.4, 0.5) is 0 Å². The van der Waals surface area contributed by atoms with Crippen molar-refractivity contribution in [2.45, 2.75) is 39.5 Å². The van der Waals surface area contributed by atoms with Gasteiger partial charge in [0.1, 0.15) is 12.4 Å². The SMILES string of the molecule is CC(C)c1cnc(C(C)C)c(OCCO)c1. The lowest BCUT2D eigenvalue weighted by Gasteiger charge is -2.15. The first-order valence-electron chi connectivity index (χ1n) is 5.79. The van der Waals surface area contributed by atoms with Crippen molar-refractivity contribution in [1.29, 1.82) is 0 Å². The molecule has 16 heavy (non-hydrogen) atoms. The van der Waals surface area contributed by atoms with Crippen LogP contribution in [0.3, 0.4) is 0 Å². The summed E-state index contributed by atoms with van der Waals surface area (Å²) in [6.45, 7) is 8.78. The number of pyridine rings is 1. The highest BCUT2D eigenvalue weighted by atomic mass is 16.5. The topological polar surface area (TPSA) is 42.4 Å². The van der Waals surface area contributed by atoms with E-state index >= 15 is 0 Å². The fourth-order valence-electron chi connectivity index (χ4n) is 1.49. The van der Waals surface area contributed by atoms with E-state index in [0.717, 1.165) is 17.0 Å². The van der Waals surface area contributed by atoms with Crippen LogP contribution in [-0.2, 0) is 0 Å². The van der Waals surface area contributed by atoms with Crippen LogP contribution in [-0.4, -0.2) is 23.3 Å². The normalized spacial score (nSPS) is 11.2. The van der Waals surface area contributed by atoms with Gasteiger partial charge in [0.05, 0.1) is 12.3 Å². The molecule has 0 fully saturated rings. The van der Waals surface area contributed by atoms with Crippen LogP contribution in [0.25, 0.3) is 0 Å². The molecule has 0 unspecified atom stereocenters. The van der Waals surface area contributed by atoms with Crippen LogP contribution in [0.15, 0.2) is 12.3 Å². The molecular weight excluding hydrogens is 202 g/mol. The van der Waals surface area contributed by atoms with Gasteiger partial charge in [-0.3, -0.25) is 4.98 Å². The summed E-state index contributed by atoms with van der Waals surface area (Å²) < 4.78 is 5.53. The molecule has 0 aromatic carbocycles. The average Bonchev–Trinajstić information content (AvgIpc) is 2.25. The third-order valence-electron chi connectivity index (χ3n) is 2.47. The molecule has 0 saturated heterocycles. The third kappa shape index (κ3) is 3.20. The van der Waals surface area contributed by atoms with E-state index < -0.39 is 0 Å². The Morgan fingerprint density at radius 2 is 1.94 bits per heavy atom. The maximum atomic E-state index is 8.79. The Hall–Kier alpha value is -1.09. The molecule has 1 aromatic rings. The van der Waals surface area contributed by atoms with Crippen LogP contribution < -0.4 is 4.74 Å². The Bertz CT molecular complexity index is 335. The number of aliphatic hydroxyl groups excluding tert-OH is 1. The number of nitrogens with zero attached hydrogens (tertiary/aromatic N) is 1. The van der Waals surface area contributed by atoms with E-state index in [2.05, 4.69) is 32.7 Å². The van der Waals surface area contributed by atoms with Gasteiger partial charge < -0.3 is 9.84 Å². The van der Waals surface area contributed by atoms with Crippen molar-refractivity contribution in [2.24, 2.45) is 0 Å². The summed E-state index contributed by atoms with van der Waals surface area (Å²) in [7, 11) is 0. The minimum atomic E-state index is 0.0312. The summed E-state index contributed by atoms with van der Waals surface area (Å²) in [5, 5.41) is 8.79. The van der Waals surface area contributed by atoms with Crippen molar-refractivity contribution in [3.63, 3.8) is 0 Å². The lowest BCUT2D eigenvalue weighted by molar-refractivity contribution is 0.199. The predicted octanol–water partition coefficient (Wildman–Crippen LogP) is 2.70. The van der Waals surface area contributed by atoms with E-state index in [4.69, 9.17) is 9.84 Å². The van der Waals surface area contributed by atoms with Crippen LogP contribution >= 0.6 is 0 Å². The fourth-order valence-corrected chi connectivity index (χ4v) is 1.49. The van der Waals surface area contributed by atoms with Gasteiger partial charge in [-0.25, -0.2) is 0 Å². The molecule has 1 N–H and O–H groups in total. The molecule has 3 nitrogen and oxygen atoms in total. The summed E-state index contributed by atoms with van der Waals surface area (Å²) in [6.07, 6.45) is 1.91. The summed E-state index contributed by atoms with van der Waals surface area (Å²) in [5.74, 6) is 1.57. The van der Waals surface area contributed by atoms with Gasteiger partial charge in [0, 0.05) is 6.20 Å². The van der Waals surface area contributed by atoms with Gasteiger partial charge in [0.25, 0.3) is 0 Å². The maximum absolute atomic E-state index is 8.79. The van der Waals surface area contributed by atoms with E-state index in [1.807, 2.05) is 12.3 Å². The van der Waals surface area contributed by atoms with Crippen LogP contribution in [0.1, 0.15) is 50.8 Å². The number of hydrogen-bond donors (Lipinski definition) is 1. The minimum Gasteiger partial charge on any atom is -0.489 e. The highest BCUT2D eigenvalue weighted by Gasteiger charge is 2.11. The van der Waals surface area contributed by atoms with E-state index in [9.17, 15) is 0 Å². The predicted molar refractivity (Wildman–Crippen MR) is 65.0 cm³/mol. The standard InChI is InChI=1S/C13H21NO2/c1-9(2)11-7-12(16-6-5-15)13(10(3)4)14-8-11/h7-10,15H,5-6H2,1-4H3. The molecule has 90 valence electrons. The van der Waals surface area contributed by atoms with E-state index in [0.29, 0.717) is 18.4 Å². The summed E-state index contributed by atoms with van der Waals surface area (Å²) >= 11 is 0. The highest BCUT2D eigenvalue weighted by molar-refractivity contribution is 5.34. The number of aliphatic hydroxyl groups is 1. The second-order valence-electron chi connectivity index (χ2n) is 4.53. The molecule has 0 aliphatic heterocycles. The first-order chi connectivity index (χ1) is 7.56. The average molecular weight is 223 g/mol. The van der Waals surface area contributed by atoms with Gasteiger partial charge >= 0.3 is 0 Å². The van der Waals surface area contributed by atoms with Crippen molar-refractivity contribution < 1.29 is 9.84 Å². The zero-order valence-electron chi connectivity index (χ0n) is 10.5. The molecule has 0 amide bonds. The number of hydrogen-bond acceptors (Lipinski definition) is 3. The molecule has 0 aliphatic rings. The maximum Gasteiger partial charge on any atom is 0.141 e. The van der Waals surface area contributed by atoms with Gasteiger partial charge in [0.2, 0.25) is 0 Å². The van der Waals surface area contributed by atoms with Crippen molar-refractivity contribution in [3.8, 4) is 5.75 Å². The van der Waals surface area contributed by atoms with E-state index in [1.165, 1.54) is 0 Å². The lowest BCUT2D eigenvalue weighted by Crippen LogP contribution is -2.07. The molecule has 0 radical (unpaired) electrons. The molecule has 0 spiro atoms. The summed E-state index contributed by atoms with van der Waals surface area (Å²) in [6, 6.07) is 2.03. The Kier molecular flexibility index (Phi) is 4.74. The Labute approximate surface area is 97.5 Å². The molecule has 1 heterocycles. The van der Waals surface area contributed by atoms with Gasteiger partial charge in [0.15, 0.2) is 0 Å². The third-order valence-corrected chi connectivity index (χ3v) is 2.47. The Morgan fingerprint density at radius 1 is 1.25 bits per heavy atom. The quantitative estimate of drug-likeness (QED) is 0.834. The molecule has 0 atom stereocenters. The van der Waals surface area contributed by atoms with Gasteiger partial charge in [-0.1, -0.05) is 27.7 Å². The molecule has 1 rings (SSSR count). The molecule has 0 saturated carbocycles. The second-order valence-corrected chi connectivity index (χ2v) is 4.53. The zero-order valence-corrected chi connectivity index (χ0v) is 10.5. The van der Waals surface area contributed by atoms with Gasteiger partial charge in [-0.2, -0.15) is 0 Å². The smallest absolute Gasteiger partial charge is 0.141 e. The number of ether oxygens (including phenoxy) is 1. The zero-order chi connectivity index (χ0) is 12.1. The van der Waals surface area contributed by atoms with Crippen molar-refractivity contribution in [3.05, 3.63) is 23.5 Å². The first kappa shape index (κ1) is 13.0. The van der Waals surface area contributed by atoms with Crippen LogP contribution in [0, 0.1) is 0 Å². The first-order valence-corrected chi connectivity index (χ1v) is 5.79. The Morgan fingerprint density at radius 3 is 2.44 bits per heavy atom. The number of rotatable bonds is 5. The molecule has 0 bridgehead atoms. The molecular formula is C13H21NO2. The largest absolute Gasteiger partial charge is 0.489 e. The van der Waals surface area contributed by atoms with Crippen molar-refractivity contribution >= 4 is 0 Å². The van der Waals surface area contributed by atoms with Crippen molar-refractivity contribution in [2.75, 3.05) is 13.2 Å². The molecule has 1 aromatic heterocycles. The summed E-state index contributed by atoms with van der Waals surface area (Å²) in [4.78, 5) is 4.45. The van der Waals surface area contributed by atoms with Gasteiger partial charge in [-0.15, -0.1) is 0 Å². The van der Waals surface area contributed by atoms with Crippen LogP contribution in [0.5, 0.6) is 5.75 Å². The second kappa shape index (κ2) is 5.85. The number of aromatic nitrogens is 1. The minimum absolute atomic E-state index is 0.0312. The monoisotopic (exact) mass is 223 g/mol. The molecule has 0 aliphatic carbocycles. The van der Waals surface area contributed by atoms with E-state index in [-0.39, 0.29) is 6.61 Å². The van der Waals surface area contributed by atoms with Crippen molar-refractivity contribution in [1.82, 2.24) is 4.98 Å². The lowest BCUT2D eigenvalue weighted by atomic mass is 10.0. The summed E-state index contributed by atoms with van der Waals surface area (Å²) in [5.41, 5.74) is 2.12. The van der Waals surface area contributed by atoms with E-state index in [1.54, 1.807) is 0 Å². The Balaban J connectivity index is 3.01. The molecule has 3 heteroatoms. The van der Waals surface area contributed by atoms with Gasteiger partial charge in [-0.05, 0) is 23.5 Å².